The number of sulfonamides is 1. The summed E-state index contributed by atoms with van der Waals surface area (Å²) in [6, 6.07) is 6.58. The van der Waals surface area contributed by atoms with Gasteiger partial charge in [0.05, 0.1) is 25.0 Å². The minimum atomic E-state index is -3.59. The summed E-state index contributed by atoms with van der Waals surface area (Å²) >= 11 is 0. The highest BCUT2D eigenvalue weighted by atomic mass is 35.5. The number of carbonyl (C=O) groups is 1. The second kappa shape index (κ2) is 10.2. The second-order valence-electron chi connectivity index (χ2n) is 6.41. The van der Waals surface area contributed by atoms with E-state index in [0.717, 1.165) is 25.9 Å². The van der Waals surface area contributed by atoms with Crippen molar-refractivity contribution in [3.63, 3.8) is 0 Å². The van der Waals surface area contributed by atoms with Gasteiger partial charge in [0, 0.05) is 19.1 Å². The van der Waals surface area contributed by atoms with E-state index in [4.69, 9.17) is 9.47 Å². The molecule has 2 rings (SSSR count). The van der Waals surface area contributed by atoms with Gasteiger partial charge in [0.1, 0.15) is 0 Å². The van der Waals surface area contributed by atoms with Crippen LogP contribution in [0.25, 0.3) is 0 Å². The number of benzene rings is 1. The molecule has 0 bridgehead atoms. The molecule has 1 saturated heterocycles. The zero-order chi connectivity index (χ0) is 18.3. The first kappa shape index (κ1) is 22.9. The SMILES string of the molecule is COCC1(CNS(=O)(=O)Cc2ccccc2C(=O)OC)CCNCC1.Cl. The van der Waals surface area contributed by atoms with Gasteiger partial charge in [-0.25, -0.2) is 17.9 Å². The Morgan fingerprint density at radius 1 is 1.23 bits per heavy atom. The normalized spacial score (nSPS) is 16.5. The van der Waals surface area contributed by atoms with Crippen LogP contribution in [0.3, 0.4) is 0 Å². The van der Waals surface area contributed by atoms with Crippen molar-refractivity contribution in [2.45, 2.75) is 18.6 Å². The summed E-state index contributed by atoms with van der Waals surface area (Å²) in [4.78, 5) is 11.8. The fourth-order valence-corrected chi connectivity index (χ4v) is 4.40. The molecule has 1 aromatic carbocycles. The lowest BCUT2D eigenvalue weighted by Crippen LogP contribution is -2.47. The maximum atomic E-state index is 12.5. The van der Waals surface area contributed by atoms with Crippen LogP contribution in [0.4, 0.5) is 0 Å². The van der Waals surface area contributed by atoms with Crippen LogP contribution >= 0.6 is 12.4 Å². The minimum absolute atomic E-state index is 0. The Kier molecular flexibility index (Phi) is 8.99. The van der Waals surface area contributed by atoms with Crippen LogP contribution in [-0.2, 0) is 25.2 Å². The maximum absolute atomic E-state index is 12.5. The van der Waals surface area contributed by atoms with Crippen molar-refractivity contribution in [2.75, 3.05) is 40.5 Å². The number of hydrogen-bond acceptors (Lipinski definition) is 6. The monoisotopic (exact) mass is 406 g/mol. The average Bonchev–Trinajstić information content (AvgIpc) is 2.61. The van der Waals surface area contributed by atoms with E-state index < -0.39 is 16.0 Å². The Hall–Kier alpha value is -1.19. The predicted octanol–water partition coefficient (Wildman–Crippen LogP) is 1.33. The van der Waals surface area contributed by atoms with Crippen LogP contribution < -0.4 is 10.0 Å². The van der Waals surface area contributed by atoms with Gasteiger partial charge < -0.3 is 14.8 Å². The van der Waals surface area contributed by atoms with Crippen molar-refractivity contribution < 1.29 is 22.7 Å². The lowest BCUT2D eigenvalue weighted by Gasteiger charge is -2.37. The topological polar surface area (TPSA) is 93.7 Å². The number of halogens is 1. The molecule has 0 spiro atoms. The second-order valence-corrected chi connectivity index (χ2v) is 8.22. The third kappa shape index (κ3) is 6.21. The van der Waals surface area contributed by atoms with E-state index in [1.165, 1.54) is 7.11 Å². The summed E-state index contributed by atoms with van der Waals surface area (Å²) in [5, 5.41) is 3.28. The lowest BCUT2D eigenvalue weighted by molar-refractivity contribution is 0.0577. The van der Waals surface area contributed by atoms with Crippen LogP contribution in [0.1, 0.15) is 28.8 Å². The molecule has 0 amide bonds. The highest BCUT2D eigenvalue weighted by Crippen LogP contribution is 2.28. The number of hydrogen-bond donors (Lipinski definition) is 2. The Bertz CT molecular complexity index is 685. The fourth-order valence-electron chi connectivity index (χ4n) is 3.11. The smallest absolute Gasteiger partial charge is 0.338 e. The lowest BCUT2D eigenvalue weighted by atomic mass is 9.80. The molecule has 2 N–H and O–H groups in total. The largest absolute Gasteiger partial charge is 0.465 e. The summed E-state index contributed by atoms with van der Waals surface area (Å²) in [7, 11) is -0.683. The van der Waals surface area contributed by atoms with E-state index in [1.54, 1.807) is 31.4 Å². The third-order valence-electron chi connectivity index (χ3n) is 4.55. The van der Waals surface area contributed by atoms with Crippen molar-refractivity contribution in [1.82, 2.24) is 10.0 Å². The van der Waals surface area contributed by atoms with Gasteiger partial charge in [-0.05, 0) is 37.6 Å². The Balaban J connectivity index is 0.00000338. The number of rotatable bonds is 8. The van der Waals surface area contributed by atoms with Crippen LogP contribution in [-0.4, -0.2) is 54.8 Å². The molecule has 0 atom stereocenters. The van der Waals surface area contributed by atoms with E-state index in [1.807, 2.05) is 0 Å². The Morgan fingerprint density at radius 2 is 1.88 bits per heavy atom. The molecule has 1 aromatic rings. The molecule has 0 aromatic heterocycles. The zero-order valence-corrected chi connectivity index (χ0v) is 16.7. The highest BCUT2D eigenvalue weighted by molar-refractivity contribution is 7.88. The number of ether oxygens (including phenoxy) is 2. The first-order valence-electron chi connectivity index (χ1n) is 8.25. The van der Waals surface area contributed by atoms with Crippen molar-refractivity contribution >= 4 is 28.4 Å². The van der Waals surface area contributed by atoms with E-state index in [-0.39, 0.29) is 29.1 Å². The van der Waals surface area contributed by atoms with Gasteiger partial charge >= 0.3 is 5.97 Å². The molecule has 7 nitrogen and oxygen atoms in total. The summed E-state index contributed by atoms with van der Waals surface area (Å²) in [5.74, 6) is -0.806. The molecular weight excluding hydrogens is 380 g/mol. The number of methoxy groups -OCH3 is 2. The van der Waals surface area contributed by atoms with Crippen LogP contribution in [0.2, 0.25) is 0 Å². The highest BCUT2D eigenvalue weighted by Gasteiger charge is 2.33. The molecule has 1 fully saturated rings. The van der Waals surface area contributed by atoms with Gasteiger partial charge in [0.25, 0.3) is 0 Å². The molecule has 148 valence electrons. The van der Waals surface area contributed by atoms with Crippen molar-refractivity contribution in [3.05, 3.63) is 35.4 Å². The van der Waals surface area contributed by atoms with E-state index in [9.17, 15) is 13.2 Å². The van der Waals surface area contributed by atoms with Gasteiger partial charge in [-0.1, -0.05) is 18.2 Å². The predicted molar refractivity (Wildman–Crippen MR) is 102 cm³/mol. The number of carbonyl (C=O) groups excluding carboxylic acids is 1. The van der Waals surface area contributed by atoms with E-state index >= 15 is 0 Å². The van der Waals surface area contributed by atoms with E-state index in [0.29, 0.717) is 18.7 Å². The van der Waals surface area contributed by atoms with Crippen LogP contribution in [0.5, 0.6) is 0 Å². The van der Waals surface area contributed by atoms with Crippen LogP contribution in [0.15, 0.2) is 24.3 Å². The quantitative estimate of drug-likeness (QED) is 0.632. The number of nitrogens with one attached hydrogen (secondary N) is 2. The third-order valence-corrected chi connectivity index (χ3v) is 5.83. The minimum Gasteiger partial charge on any atom is -0.465 e. The van der Waals surface area contributed by atoms with Gasteiger partial charge in [0.2, 0.25) is 10.0 Å². The first-order valence-corrected chi connectivity index (χ1v) is 9.90. The summed E-state index contributed by atoms with van der Waals surface area (Å²) in [6.45, 7) is 2.52. The molecule has 0 saturated carbocycles. The number of piperidine rings is 1. The van der Waals surface area contributed by atoms with Crippen molar-refractivity contribution in [2.24, 2.45) is 5.41 Å². The van der Waals surface area contributed by atoms with E-state index in [2.05, 4.69) is 10.0 Å². The van der Waals surface area contributed by atoms with Gasteiger partial charge in [-0.15, -0.1) is 12.4 Å². The van der Waals surface area contributed by atoms with Gasteiger partial charge in [-0.2, -0.15) is 0 Å². The molecule has 0 aliphatic carbocycles. The molecule has 26 heavy (non-hydrogen) atoms. The van der Waals surface area contributed by atoms with Crippen molar-refractivity contribution in [3.8, 4) is 0 Å². The van der Waals surface area contributed by atoms with Gasteiger partial charge in [0.15, 0.2) is 0 Å². The molecule has 1 aliphatic heterocycles. The van der Waals surface area contributed by atoms with Crippen LogP contribution in [0, 0.1) is 5.41 Å². The van der Waals surface area contributed by atoms with Gasteiger partial charge in [-0.3, -0.25) is 0 Å². The Labute approximate surface area is 161 Å². The fraction of sp³-hybridized carbons (Fsp3) is 0.588. The summed E-state index contributed by atoms with van der Waals surface area (Å²) < 4.78 is 37.8. The zero-order valence-electron chi connectivity index (χ0n) is 15.1. The molecule has 9 heteroatoms. The van der Waals surface area contributed by atoms with Crippen molar-refractivity contribution in [1.29, 1.82) is 0 Å². The Morgan fingerprint density at radius 3 is 2.50 bits per heavy atom. The summed E-state index contributed by atoms with van der Waals surface area (Å²) in [6.07, 6.45) is 1.70. The molecule has 0 unspecified atom stereocenters. The molecule has 0 radical (unpaired) electrons. The summed E-state index contributed by atoms with van der Waals surface area (Å²) in [5.41, 5.74) is 0.492. The first-order chi connectivity index (χ1) is 11.9. The molecule has 1 aliphatic rings. The standard InChI is InChI=1S/C17H26N2O5S.ClH/c1-23-13-17(7-9-18-10-8-17)12-19-25(21,22)11-14-5-3-4-6-15(14)16(20)24-2;/h3-6,18-19H,7-13H2,1-2H3;1H. The molecular formula is C17H27ClN2O5S. The maximum Gasteiger partial charge on any atom is 0.338 e. The molecule has 1 heterocycles. The number of esters is 1. The average molecular weight is 407 g/mol.